The van der Waals surface area contributed by atoms with Crippen molar-refractivity contribution < 1.29 is 33.8 Å². The van der Waals surface area contributed by atoms with Gasteiger partial charge in [-0.05, 0) is 66.3 Å². The van der Waals surface area contributed by atoms with Crippen LogP contribution in [0.4, 0.5) is 0 Å². The van der Waals surface area contributed by atoms with Crippen LogP contribution < -0.4 is 14.8 Å². The van der Waals surface area contributed by atoms with Gasteiger partial charge in [-0.25, -0.2) is 0 Å². The molecule has 41 heavy (non-hydrogen) atoms. The Balaban J connectivity index is 1.42. The van der Waals surface area contributed by atoms with E-state index >= 15 is 0 Å². The Morgan fingerprint density at radius 2 is 1.41 bits per heavy atom. The second-order valence-electron chi connectivity index (χ2n) is 10.3. The molecule has 210 valence electrons. The maximum absolute atomic E-state index is 13.8. The summed E-state index contributed by atoms with van der Waals surface area (Å²) in [7, 11) is 0. The van der Waals surface area contributed by atoms with Crippen LogP contribution in [0.5, 0.6) is 11.5 Å². The normalized spacial score (nSPS) is 14.9. The van der Waals surface area contributed by atoms with Crippen molar-refractivity contribution in [3.05, 3.63) is 101 Å². The zero-order valence-corrected chi connectivity index (χ0v) is 22.6. The fourth-order valence-electron chi connectivity index (χ4n) is 5.23. The molecule has 2 N–H and O–H groups in total. The summed E-state index contributed by atoms with van der Waals surface area (Å²) in [6.45, 7) is 0.0913. The third kappa shape index (κ3) is 6.72. The zero-order valence-electron chi connectivity index (χ0n) is 22.6. The first-order valence-corrected chi connectivity index (χ1v) is 13.8. The number of fused-ring (bicyclic) bond motifs is 1. The van der Waals surface area contributed by atoms with Gasteiger partial charge in [0.2, 0.25) is 6.79 Å². The van der Waals surface area contributed by atoms with Crippen molar-refractivity contribution in [1.29, 1.82) is 0 Å². The average Bonchev–Trinajstić information content (AvgIpc) is 3.48. The molecule has 0 atom stereocenters. The molecule has 1 heterocycles. The number of carbonyl (C=O) groups excluding carboxylic acids is 3. The summed E-state index contributed by atoms with van der Waals surface area (Å²) < 4.78 is 10.8. The number of ether oxygens (including phenoxy) is 2. The van der Waals surface area contributed by atoms with E-state index in [-0.39, 0.29) is 36.9 Å². The van der Waals surface area contributed by atoms with Crippen molar-refractivity contribution in [2.75, 3.05) is 13.3 Å². The van der Waals surface area contributed by atoms with E-state index in [0.29, 0.717) is 39.7 Å². The van der Waals surface area contributed by atoms with Crippen LogP contribution in [-0.2, 0) is 4.79 Å². The van der Waals surface area contributed by atoms with Crippen LogP contribution in [-0.4, -0.2) is 41.9 Å². The number of nitrogens with one attached hydrogen (secondary N) is 1. The van der Waals surface area contributed by atoms with E-state index in [9.17, 15) is 19.2 Å². The lowest BCUT2D eigenvalue weighted by Gasteiger charge is -2.22. The number of rotatable bonds is 10. The standard InChI is InChI=1S/C33H31NO7/c35-28(26-14-15-29-30(18-26)41-20-40-29)19-27(23-8-6-22(7-9-23)21-4-2-1-3-5-21)32(38)24-10-12-25(13-11-24)33(39)34-17-16-31(36)37/h6-15,18-19,21H,1-5,16-17,20H2,(H,34,39)(H,36,37). The summed E-state index contributed by atoms with van der Waals surface area (Å²) in [5.74, 6) is -0.603. The predicted octanol–water partition coefficient (Wildman–Crippen LogP) is 5.82. The molecule has 8 heteroatoms. The molecular formula is C33H31NO7. The number of carboxylic acid groups (broad SMARTS) is 1. The summed E-state index contributed by atoms with van der Waals surface area (Å²) in [6, 6.07) is 18.9. The van der Waals surface area contributed by atoms with E-state index < -0.39 is 11.9 Å². The van der Waals surface area contributed by atoms with Crippen molar-refractivity contribution >= 4 is 29.0 Å². The second-order valence-corrected chi connectivity index (χ2v) is 10.3. The first-order chi connectivity index (χ1) is 19.9. The molecule has 0 unspecified atom stereocenters. The minimum Gasteiger partial charge on any atom is -0.481 e. The molecule has 1 aliphatic heterocycles. The molecule has 5 rings (SSSR count). The van der Waals surface area contributed by atoms with Gasteiger partial charge in [0.1, 0.15) is 0 Å². The highest BCUT2D eigenvalue weighted by molar-refractivity contribution is 6.32. The molecule has 3 aromatic rings. The summed E-state index contributed by atoms with van der Waals surface area (Å²) in [6.07, 6.45) is 7.16. The maximum atomic E-state index is 13.8. The fraction of sp³-hybridized carbons (Fsp3) is 0.273. The Hall–Kier alpha value is -4.72. The van der Waals surface area contributed by atoms with E-state index in [2.05, 4.69) is 5.32 Å². The lowest BCUT2D eigenvalue weighted by atomic mass is 9.83. The molecule has 0 bridgehead atoms. The first kappa shape index (κ1) is 27.8. The van der Waals surface area contributed by atoms with Gasteiger partial charge in [-0.15, -0.1) is 0 Å². The van der Waals surface area contributed by atoms with E-state index in [1.165, 1.54) is 55.2 Å². The van der Waals surface area contributed by atoms with Crippen LogP contribution in [0.15, 0.2) is 72.8 Å². The molecule has 0 aromatic heterocycles. The number of ketones is 2. The van der Waals surface area contributed by atoms with Gasteiger partial charge >= 0.3 is 5.97 Å². The number of carbonyl (C=O) groups is 4. The number of allylic oxidation sites excluding steroid dienone is 2. The second kappa shape index (κ2) is 12.6. The number of amides is 1. The molecular weight excluding hydrogens is 522 g/mol. The Labute approximate surface area is 238 Å². The smallest absolute Gasteiger partial charge is 0.305 e. The summed E-state index contributed by atoms with van der Waals surface area (Å²) in [5.41, 5.74) is 3.08. The minimum absolute atomic E-state index is 0.000553. The number of carboxylic acids is 1. The predicted molar refractivity (Wildman–Crippen MR) is 152 cm³/mol. The van der Waals surface area contributed by atoms with Crippen molar-refractivity contribution in [2.24, 2.45) is 0 Å². The van der Waals surface area contributed by atoms with Gasteiger partial charge in [-0.2, -0.15) is 0 Å². The lowest BCUT2D eigenvalue weighted by molar-refractivity contribution is -0.136. The SMILES string of the molecule is O=C(O)CCNC(=O)c1ccc(C(=O)C(=CC(=O)c2ccc3c(c2)OCO3)c2ccc(C3CCCCC3)cc2)cc1. The van der Waals surface area contributed by atoms with Crippen molar-refractivity contribution in [3.8, 4) is 11.5 Å². The first-order valence-electron chi connectivity index (χ1n) is 13.8. The minimum atomic E-state index is -1.01. The molecule has 8 nitrogen and oxygen atoms in total. The highest BCUT2D eigenvalue weighted by atomic mass is 16.7. The topological polar surface area (TPSA) is 119 Å². The molecule has 0 saturated heterocycles. The van der Waals surface area contributed by atoms with Gasteiger partial charge in [0.25, 0.3) is 5.91 Å². The molecule has 1 aliphatic carbocycles. The van der Waals surface area contributed by atoms with Gasteiger partial charge < -0.3 is 19.9 Å². The monoisotopic (exact) mass is 553 g/mol. The van der Waals surface area contributed by atoms with Gasteiger partial charge in [0.15, 0.2) is 23.1 Å². The summed E-state index contributed by atoms with van der Waals surface area (Å²) in [4.78, 5) is 50.2. The number of hydrogen-bond donors (Lipinski definition) is 2. The van der Waals surface area contributed by atoms with Crippen molar-refractivity contribution in [1.82, 2.24) is 5.32 Å². The van der Waals surface area contributed by atoms with Crippen LogP contribution in [0.25, 0.3) is 5.57 Å². The third-order valence-corrected chi connectivity index (χ3v) is 7.51. The van der Waals surface area contributed by atoms with Gasteiger partial charge in [0, 0.05) is 28.8 Å². The summed E-state index contributed by atoms with van der Waals surface area (Å²) in [5, 5.41) is 11.3. The van der Waals surface area contributed by atoms with Crippen LogP contribution >= 0.6 is 0 Å². The Kier molecular flexibility index (Phi) is 8.58. The van der Waals surface area contributed by atoms with Crippen LogP contribution in [0.3, 0.4) is 0 Å². The van der Waals surface area contributed by atoms with Gasteiger partial charge in [0.05, 0.1) is 6.42 Å². The average molecular weight is 554 g/mol. The number of Topliss-reactive ketones (excluding diaryl/α,β-unsaturated/α-hetero) is 1. The van der Waals surface area contributed by atoms with Gasteiger partial charge in [-0.3, -0.25) is 19.2 Å². The molecule has 0 spiro atoms. The fourth-order valence-corrected chi connectivity index (χ4v) is 5.23. The lowest BCUT2D eigenvalue weighted by Crippen LogP contribution is -2.26. The molecule has 1 fully saturated rings. The quantitative estimate of drug-likeness (QED) is 0.240. The van der Waals surface area contributed by atoms with E-state index in [0.717, 1.165) is 12.8 Å². The van der Waals surface area contributed by atoms with E-state index in [4.69, 9.17) is 14.6 Å². The number of benzene rings is 3. The summed E-state index contributed by atoms with van der Waals surface area (Å²) >= 11 is 0. The highest BCUT2D eigenvalue weighted by Gasteiger charge is 2.21. The molecule has 0 radical (unpaired) electrons. The van der Waals surface area contributed by atoms with Crippen LogP contribution in [0, 0.1) is 0 Å². The number of hydrogen-bond acceptors (Lipinski definition) is 6. The van der Waals surface area contributed by atoms with Crippen LogP contribution in [0.2, 0.25) is 0 Å². The highest BCUT2D eigenvalue weighted by Crippen LogP contribution is 2.35. The molecule has 1 saturated carbocycles. The molecule has 2 aliphatic rings. The van der Waals surface area contributed by atoms with Crippen LogP contribution in [0.1, 0.15) is 86.6 Å². The molecule has 1 amide bonds. The zero-order chi connectivity index (χ0) is 28.8. The third-order valence-electron chi connectivity index (χ3n) is 7.51. The maximum Gasteiger partial charge on any atom is 0.305 e. The largest absolute Gasteiger partial charge is 0.481 e. The Morgan fingerprint density at radius 3 is 2.12 bits per heavy atom. The number of aliphatic carboxylic acids is 1. The Bertz CT molecular complexity index is 1480. The Morgan fingerprint density at radius 1 is 0.780 bits per heavy atom. The molecule has 3 aromatic carbocycles. The van der Waals surface area contributed by atoms with E-state index in [1.54, 1.807) is 18.2 Å². The van der Waals surface area contributed by atoms with E-state index in [1.807, 2.05) is 24.3 Å². The van der Waals surface area contributed by atoms with Crippen molar-refractivity contribution in [3.63, 3.8) is 0 Å². The van der Waals surface area contributed by atoms with Crippen molar-refractivity contribution in [2.45, 2.75) is 44.4 Å². The van der Waals surface area contributed by atoms with Gasteiger partial charge in [-0.1, -0.05) is 55.7 Å².